The maximum atomic E-state index is 11.0. The van der Waals surface area contributed by atoms with Crippen molar-refractivity contribution >= 4 is 30.0 Å². The first kappa shape index (κ1) is 21.4. The molecular formula is C20H23Cl2NO4. The molecule has 0 spiro atoms. The number of carbonyl (C=O) groups is 1. The maximum absolute atomic E-state index is 11.0. The number of hydrogen-bond donors (Lipinski definition) is 1. The van der Waals surface area contributed by atoms with Gasteiger partial charge in [0, 0.05) is 11.1 Å². The third-order valence-corrected chi connectivity index (χ3v) is 4.65. The molecule has 5 nitrogen and oxygen atoms in total. The molecule has 1 aliphatic heterocycles. The van der Waals surface area contributed by atoms with Crippen molar-refractivity contribution in [3.8, 4) is 17.2 Å². The summed E-state index contributed by atoms with van der Waals surface area (Å²) in [5.41, 5.74) is 0. The first-order valence-corrected chi connectivity index (χ1v) is 9.10. The van der Waals surface area contributed by atoms with Crippen molar-refractivity contribution in [1.82, 2.24) is 4.90 Å². The van der Waals surface area contributed by atoms with Gasteiger partial charge < -0.3 is 14.6 Å². The molecule has 1 fully saturated rings. The predicted octanol–water partition coefficient (Wildman–Crippen LogP) is 4.87. The van der Waals surface area contributed by atoms with E-state index in [-0.39, 0.29) is 25.0 Å². The number of aliphatic carboxylic acids is 1. The second-order valence-corrected chi connectivity index (χ2v) is 6.79. The van der Waals surface area contributed by atoms with Crippen LogP contribution in [0.15, 0.2) is 48.5 Å². The van der Waals surface area contributed by atoms with Gasteiger partial charge in [0.25, 0.3) is 0 Å². The Kier molecular flexibility index (Phi) is 8.23. The Morgan fingerprint density at radius 3 is 2.26 bits per heavy atom. The molecule has 3 rings (SSSR count). The van der Waals surface area contributed by atoms with E-state index in [2.05, 4.69) is 0 Å². The van der Waals surface area contributed by atoms with Crippen LogP contribution >= 0.6 is 24.0 Å². The van der Waals surface area contributed by atoms with Crippen LogP contribution in [0.5, 0.6) is 17.2 Å². The number of likely N-dealkylation sites (tertiary alicyclic amines) is 1. The largest absolute Gasteiger partial charge is 0.492 e. The van der Waals surface area contributed by atoms with Crippen molar-refractivity contribution in [2.24, 2.45) is 0 Å². The number of halogens is 2. The van der Waals surface area contributed by atoms with Gasteiger partial charge in [-0.1, -0.05) is 18.0 Å². The van der Waals surface area contributed by atoms with Gasteiger partial charge in [0.05, 0.1) is 6.54 Å². The van der Waals surface area contributed by atoms with Gasteiger partial charge in [-0.15, -0.1) is 12.4 Å². The Labute approximate surface area is 170 Å². The molecule has 0 bridgehead atoms. The standard InChI is InChI=1S/C20H22ClNO4.ClH/c21-15-4-6-18(7-5-15)26-19-10-8-17(9-11-19)25-14-16-3-1-2-12-22(16)13-20(23)24;/h4-11,16H,1-3,12-14H2,(H,23,24);1H/t16-;/m0./s1. The molecule has 0 radical (unpaired) electrons. The quantitative estimate of drug-likeness (QED) is 0.703. The summed E-state index contributed by atoms with van der Waals surface area (Å²) in [5.74, 6) is 1.38. The van der Waals surface area contributed by atoms with E-state index in [1.54, 1.807) is 12.1 Å². The van der Waals surface area contributed by atoms with E-state index in [4.69, 9.17) is 26.2 Å². The van der Waals surface area contributed by atoms with E-state index >= 15 is 0 Å². The fraction of sp³-hybridized carbons (Fsp3) is 0.350. The summed E-state index contributed by atoms with van der Waals surface area (Å²) in [4.78, 5) is 13.0. The van der Waals surface area contributed by atoms with Gasteiger partial charge in [-0.25, -0.2) is 0 Å². The number of carboxylic acid groups (broad SMARTS) is 1. The highest BCUT2D eigenvalue weighted by Crippen LogP contribution is 2.25. The number of nitrogens with zero attached hydrogens (tertiary/aromatic N) is 1. The smallest absolute Gasteiger partial charge is 0.317 e. The molecule has 1 saturated heterocycles. The van der Waals surface area contributed by atoms with Gasteiger partial charge in [0.1, 0.15) is 23.9 Å². The Morgan fingerprint density at radius 2 is 1.63 bits per heavy atom. The minimum absolute atomic E-state index is 0. The van der Waals surface area contributed by atoms with E-state index in [1.165, 1.54) is 0 Å². The minimum Gasteiger partial charge on any atom is -0.492 e. The van der Waals surface area contributed by atoms with Crippen LogP contribution < -0.4 is 9.47 Å². The Morgan fingerprint density at radius 1 is 1.04 bits per heavy atom. The molecule has 2 aromatic carbocycles. The normalized spacial score (nSPS) is 17.0. The van der Waals surface area contributed by atoms with Crippen molar-refractivity contribution in [2.75, 3.05) is 19.7 Å². The summed E-state index contributed by atoms with van der Waals surface area (Å²) in [5, 5.41) is 9.70. The topological polar surface area (TPSA) is 59.0 Å². The molecule has 146 valence electrons. The molecule has 27 heavy (non-hydrogen) atoms. The number of piperidine rings is 1. The van der Waals surface area contributed by atoms with Gasteiger partial charge in [-0.05, 0) is 67.9 Å². The van der Waals surface area contributed by atoms with Crippen molar-refractivity contribution in [3.05, 3.63) is 53.6 Å². The van der Waals surface area contributed by atoms with Crippen LogP contribution in [-0.2, 0) is 4.79 Å². The van der Waals surface area contributed by atoms with Crippen LogP contribution in [0.3, 0.4) is 0 Å². The summed E-state index contributed by atoms with van der Waals surface area (Å²) in [6.45, 7) is 1.38. The van der Waals surface area contributed by atoms with Crippen LogP contribution in [0.1, 0.15) is 19.3 Å². The van der Waals surface area contributed by atoms with E-state index in [9.17, 15) is 4.79 Å². The zero-order valence-electron chi connectivity index (χ0n) is 14.8. The molecule has 1 heterocycles. The molecule has 1 N–H and O–H groups in total. The Hall–Kier alpha value is -1.95. The molecule has 2 aromatic rings. The monoisotopic (exact) mass is 411 g/mol. The average Bonchev–Trinajstić information content (AvgIpc) is 2.64. The summed E-state index contributed by atoms with van der Waals surface area (Å²) >= 11 is 5.86. The van der Waals surface area contributed by atoms with Gasteiger partial charge in [0.15, 0.2) is 0 Å². The van der Waals surface area contributed by atoms with Crippen LogP contribution in [0.2, 0.25) is 5.02 Å². The lowest BCUT2D eigenvalue weighted by Gasteiger charge is -2.34. The number of ether oxygens (including phenoxy) is 2. The molecule has 0 unspecified atom stereocenters. The second kappa shape index (κ2) is 10.4. The van der Waals surface area contributed by atoms with Crippen LogP contribution in [0.25, 0.3) is 0 Å². The van der Waals surface area contributed by atoms with Crippen LogP contribution in [0, 0.1) is 0 Å². The van der Waals surface area contributed by atoms with Crippen molar-refractivity contribution in [1.29, 1.82) is 0 Å². The van der Waals surface area contributed by atoms with Crippen molar-refractivity contribution < 1.29 is 19.4 Å². The summed E-state index contributed by atoms with van der Waals surface area (Å²) in [6.07, 6.45) is 3.11. The highest BCUT2D eigenvalue weighted by Gasteiger charge is 2.24. The minimum atomic E-state index is -0.791. The SMILES string of the molecule is Cl.O=C(O)CN1CCCC[C@H]1COc1ccc(Oc2ccc(Cl)cc2)cc1. The predicted molar refractivity (Wildman–Crippen MR) is 108 cm³/mol. The molecule has 1 atom stereocenters. The van der Waals surface area contributed by atoms with Gasteiger partial charge in [0.2, 0.25) is 0 Å². The van der Waals surface area contributed by atoms with E-state index in [1.807, 2.05) is 41.3 Å². The highest BCUT2D eigenvalue weighted by molar-refractivity contribution is 6.30. The number of carboxylic acids is 1. The zero-order chi connectivity index (χ0) is 18.4. The highest BCUT2D eigenvalue weighted by atomic mass is 35.5. The van der Waals surface area contributed by atoms with Gasteiger partial charge >= 0.3 is 5.97 Å². The fourth-order valence-electron chi connectivity index (χ4n) is 3.07. The lowest BCUT2D eigenvalue weighted by Crippen LogP contribution is -2.45. The zero-order valence-corrected chi connectivity index (χ0v) is 16.4. The van der Waals surface area contributed by atoms with Crippen LogP contribution in [-0.4, -0.2) is 41.7 Å². The molecular weight excluding hydrogens is 389 g/mol. The first-order valence-electron chi connectivity index (χ1n) is 8.72. The number of rotatable bonds is 7. The summed E-state index contributed by atoms with van der Waals surface area (Å²) in [6, 6.07) is 14.7. The lowest BCUT2D eigenvalue weighted by atomic mass is 10.0. The van der Waals surface area contributed by atoms with Crippen molar-refractivity contribution in [2.45, 2.75) is 25.3 Å². The van der Waals surface area contributed by atoms with E-state index in [0.29, 0.717) is 17.4 Å². The second-order valence-electron chi connectivity index (χ2n) is 6.35. The summed E-state index contributed by atoms with van der Waals surface area (Å²) < 4.78 is 11.6. The number of benzene rings is 2. The Bertz CT molecular complexity index is 722. The molecule has 0 aromatic heterocycles. The maximum Gasteiger partial charge on any atom is 0.317 e. The molecule has 0 saturated carbocycles. The summed E-state index contributed by atoms with van der Waals surface area (Å²) in [7, 11) is 0. The fourth-order valence-corrected chi connectivity index (χ4v) is 3.19. The third kappa shape index (κ3) is 6.61. The molecule has 0 aliphatic carbocycles. The third-order valence-electron chi connectivity index (χ3n) is 4.40. The Balaban J connectivity index is 0.00000261. The van der Waals surface area contributed by atoms with Gasteiger partial charge in [-0.3, -0.25) is 9.69 Å². The van der Waals surface area contributed by atoms with Crippen LogP contribution in [0.4, 0.5) is 0 Å². The molecule has 1 aliphatic rings. The van der Waals surface area contributed by atoms with Crippen molar-refractivity contribution in [3.63, 3.8) is 0 Å². The lowest BCUT2D eigenvalue weighted by molar-refractivity contribution is -0.139. The number of hydrogen-bond acceptors (Lipinski definition) is 4. The average molecular weight is 412 g/mol. The van der Waals surface area contributed by atoms with Gasteiger partial charge in [-0.2, -0.15) is 0 Å². The molecule has 7 heteroatoms. The van der Waals surface area contributed by atoms with E-state index < -0.39 is 5.97 Å². The molecule has 0 amide bonds. The van der Waals surface area contributed by atoms with E-state index in [0.717, 1.165) is 37.3 Å². The first-order chi connectivity index (χ1) is 12.6.